The van der Waals surface area contributed by atoms with E-state index in [1.165, 1.54) is 12.1 Å². The van der Waals surface area contributed by atoms with Crippen molar-refractivity contribution in [3.05, 3.63) is 35.6 Å². The summed E-state index contributed by atoms with van der Waals surface area (Å²) in [6.45, 7) is 4.88. The Labute approximate surface area is 113 Å². The Hall–Kier alpha value is -1.46. The summed E-state index contributed by atoms with van der Waals surface area (Å²) >= 11 is 0. The molecule has 0 aliphatic rings. The molecule has 0 saturated carbocycles. The van der Waals surface area contributed by atoms with E-state index < -0.39 is 12.0 Å². The van der Waals surface area contributed by atoms with Crippen molar-refractivity contribution >= 4 is 5.97 Å². The molecule has 1 atom stereocenters. The topological polar surface area (TPSA) is 61.4 Å². The van der Waals surface area contributed by atoms with Gasteiger partial charge in [0, 0.05) is 18.5 Å². The van der Waals surface area contributed by atoms with Crippen LogP contribution in [0, 0.1) is 5.82 Å². The molecule has 0 bridgehead atoms. The quantitative estimate of drug-likeness (QED) is 0.699. The summed E-state index contributed by atoms with van der Waals surface area (Å²) < 4.78 is 13.2. The van der Waals surface area contributed by atoms with E-state index in [0.29, 0.717) is 13.1 Å². The Morgan fingerprint density at radius 2 is 2.16 bits per heavy atom. The molecule has 1 rings (SSSR count). The predicted molar refractivity (Wildman–Crippen MR) is 72.8 cm³/mol. The number of hydrogen-bond acceptors (Lipinski definition) is 3. The molecule has 19 heavy (non-hydrogen) atoms. The SMILES string of the molecule is CNC(CNCC(C)(C)c1cccc(F)c1)C(=O)O. The fourth-order valence-corrected chi connectivity index (χ4v) is 1.85. The van der Waals surface area contributed by atoms with Crippen LogP contribution in [0.3, 0.4) is 0 Å². The summed E-state index contributed by atoms with van der Waals surface area (Å²) in [6.07, 6.45) is 0. The highest BCUT2D eigenvalue weighted by Gasteiger charge is 2.22. The Morgan fingerprint density at radius 1 is 1.47 bits per heavy atom. The average Bonchev–Trinajstić information content (AvgIpc) is 2.34. The first-order valence-electron chi connectivity index (χ1n) is 6.23. The van der Waals surface area contributed by atoms with Gasteiger partial charge in [0.2, 0.25) is 0 Å². The molecule has 1 unspecified atom stereocenters. The summed E-state index contributed by atoms with van der Waals surface area (Å²) in [7, 11) is 1.61. The summed E-state index contributed by atoms with van der Waals surface area (Å²) in [5.41, 5.74) is 0.621. The molecule has 0 aliphatic heterocycles. The molecule has 0 heterocycles. The maximum atomic E-state index is 13.2. The number of nitrogens with one attached hydrogen (secondary N) is 2. The molecule has 5 heteroatoms. The van der Waals surface area contributed by atoms with Gasteiger partial charge in [0.25, 0.3) is 0 Å². The number of hydrogen-bond donors (Lipinski definition) is 3. The zero-order chi connectivity index (χ0) is 14.5. The van der Waals surface area contributed by atoms with Gasteiger partial charge in [0.1, 0.15) is 11.9 Å². The Kier molecular flexibility index (Phi) is 5.44. The van der Waals surface area contributed by atoms with E-state index in [2.05, 4.69) is 10.6 Å². The summed E-state index contributed by atoms with van der Waals surface area (Å²) in [6, 6.07) is 5.85. The van der Waals surface area contributed by atoms with Crippen LogP contribution < -0.4 is 10.6 Å². The van der Waals surface area contributed by atoms with Gasteiger partial charge in [-0.1, -0.05) is 26.0 Å². The van der Waals surface area contributed by atoms with E-state index in [9.17, 15) is 9.18 Å². The number of carboxylic acids is 1. The van der Waals surface area contributed by atoms with Crippen molar-refractivity contribution in [3.8, 4) is 0 Å². The van der Waals surface area contributed by atoms with Gasteiger partial charge in [0.15, 0.2) is 0 Å². The molecule has 3 N–H and O–H groups in total. The van der Waals surface area contributed by atoms with Gasteiger partial charge in [0.05, 0.1) is 0 Å². The van der Waals surface area contributed by atoms with Gasteiger partial charge in [-0.15, -0.1) is 0 Å². The fraction of sp³-hybridized carbons (Fsp3) is 0.500. The Bertz CT molecular complexity index is 435. The minimum atomic E-state index is -0.890. The van der Waals surface area contributed by atoms with Gasteiger partial charge in [-0.25, -0.2) is 4.39 Å². The molecule has 1 aromatic rings. The first-order valence-corrected chi connectivity index (χ1v) is 6.23. The zero-order valence-corrected chi connectivity index (χ0v) is 11.5. The molecule has 0 amide bonds. The molecule has 1 aromatic carbocycles. The van der Waals surface area contributed by atoms with E-state index in [-0.39, 0.29) is 11.2 Å². The van der Waals surface area contributed by atoms with Crippen molar-refractivity contribution in [1.29, 1.82) is 0 Å². The van der Waals surface area contributed by atoms with Crippen molar-refractivity contribution in [3.63, 3.8) is 0 Å². The maximum Gasteiger partial charge on any atom is 0.322 e. The largest absolute Gasteiger partial charge is 0.480 e. The van der Waals surface area contributed by atoms with Crippen LogP contribution in [0.2, 0.25) is 0 Å². The Morgan fingerprint density at radius 3 is 2.68 bits per heavy atom. The average molecular weight is 268 g/mol. The lowest BCUT2D eigenvalue weighted by Crippen LogP contribution is -2.45. The second-order valence-corrected chi connectivity index (χ2v) is 5.20. The number of carboxylic acid groups (broad SMARTS) is 1. The normalized spacial score (nSPS) is 13.3. The molecular formula is C14H21FN2O2. The Balaban J connectivity index is 2.58. The second-order valence-electron chi connectivity index (χ2n) is 5.20. The number of rotatable bonds is 7. The van der Waals surface area contributed by atoms with E-state index in [1.54, 1.807) is 13.1 Å². The standard InChI is InChI=1S/C14H21FN2O2/c1-14(2,10-5-4-6-11(15)7-10)9-17-8-12(16-3)13(18)19/h4-7,12,16-17H,8-9H2,1-3H3,(H,18,19). The maximum absolute atomic E-state index is 13.2. The minimum absolute atomic E-state index is 0.260. The summed E-state index contributed by atoms with van der Waals surface area (Å²) in [5, 5.41) is 14.7. The van der Waals surface area contributed by atoms with Crippen molar-refractivity contribution in [2.75, 3.05) is 20.1 Å². The van der Waals surface area contributed by atoms with Gasteiger partial charge >= 0.3 is 5.97 Å². The highest BCUT2D eigenvalue weighted by Crippen LogP contribution is 2.22. The molecule has 0 fully saturated rings. The molecule has 4 nitrogen and oxygen atoms in total. The predicted octanol–water partition coefficient (Wildman–Crippen LogP) is 1.37. The van der Waals surface area contributed by atoms with Crippen molar-refractivity contribution in [2.45, 2.75) is 25.3 Å². The zero-order valence-electron chi connectivity index (χ0n) is 11.5. The second kappa shape index (κ2) is 6.63. The number of halogens is 1. The van der Waals surface area contributed by atoms with Crippen LogP contribution in [0.1, 0.15) is 19.4 Å². The first kappa shape index (κ1) is 15.6. The molecule has 0 aliphatic carbocycles. The smallest absolute Gasteiger partial charge is 0.322 e. The van der Waals surface area contributed by atoms with Crippen LogP contribution in [-0.2, 0) is 10.2 Å². The number of benzene rings is 1. The van der Waals surface area contributed by atoms with Crippen LogP contribution in [0.15, 0.2) is 24.3 Å². The lowest BCUT2D eigenvalue weighted by molar-refractivity contribution is -0.139. The fourth-order valence-electron chi connectivity index (χ4n) is 1.85. The summed E-state index contributed by atoms with van der Waals surface area (Å²) in [5.74, 6) is -1.15. The highest BCUT2D eigenvalue weighted by molar-refractivity contribution is 5.73. The van der Waals surface area contributed by atoms with Crippen LogP contribution in [0.25, 0.3) is 0 Å². The lowest BCUT2D eigenvalue weighted by atomic mass is 9.84. The van der Waals surface area contributed by atoms with E-state index in [0.717, 1.165) is 5.56 Å². The third-order valence-electron chi connectivity index (χ3n) is 3.17. The first-order chi connectivity index (χ1) is 8.86. The number of carbonyl (C=O) groups is 1. The van der Waals surface area contributed by atoms with Crippen LogP contribution >= 0.6 is 0 Å². The van der Waals surface area contributed by atoms with Gasteiger partial charge < -0.3 is 15.7 Å². The molecule has 0 aromatic heterocycles. The van der Waals surface area contributed by atoms with E-state index in [4.69, 9.17) is 5.11 Å². The third-order valence-corrected chi connectivity index (χ3v) is 3.17. The minimum Gasteiger partial charge on any atom is -0.480 e. The van der Waals surface area contributed by atoms with Crippen LogP contribution in [0.5, 0.6) is 0 Å². The van der Waals surface area contributed by atoms with Gasteiger partial charge in [-0.3, -0.25) is 4.79 Å². The number of likely N-dealkylation sites (N-methyl/N-ethyl adjacent to an activating group) is 1. The van der Waals surface area contributed by atoms with Gasteiger partial charge in [-0.2, -0.15) is 0 Å². The molecule has 0 radical (unpaired) electrons. The molecule has 106 valence electrons. The molecule has 0 spiro atoms. The lowest BCUT2D eigenvalue weighted by Gasteiger charge is -2.26. The van der Waals surface area contributed by atoms with Crippen molar-refractivity contribution in [1.82, 2.24) is 10.6 Å². The molecular weight excluding hydrogens is 247 g/mol. The van der Waals surface area contributed by atoms with E-state index in [1.807, 2.05) is 19.9 Å². The monoisotopic (exact) mass is 268 g/mol. The van der Waals surface area contributed by atoms with Crippen molar-refractivity contribution in [2.24, 2.45) is 0 Å². The highest BCUT2D eigenvalue weighted by atomic mass is 19.1. The van der Waals surface area contributed by atoms with Gasteiger partial charge in [-0.05, 0) is 24.7 Å². The van der Waals surface area contributed by atoms with E-state index >= 15 is 0 Å². The van der Waals surface area contributed by atoms with Crippen molar-refractivity contribution < 1.29 is 14.3 Å². The summed E-state index contributed by atoms with van der Waals surface area (Å²) in [4.78, 5) is 10.8. The van der Waals surface area contributed by atoms with Crippen LogP contribution in [0.4, 0.5) is 4.39 Å². The number of aliphatic carboxylic acids is 1. The molecule has 0 saturated heterocycles. The third kappa shape index (κ3) is 4.61. The van der Waals surface area contributed by atoms with Crippen LogP contribution in [-0.4, -0.2) is 37.3 Å².